The summed E-state index contributed by atoms with van der Waals surface area (Å²) in [5.74, 6) is -0.211. The maximum absolute atomic E-state index is 11.4. The summed E-state index contributed by atoms with van der Waals surface area (Å²) < 4.78 is 0. The van der Waals surface area contributed by atoms with E-state index in [1.165, 1.54) is 0 Å². The van der Waals surface area contributed by atoms with Crippen LogP contribution >= 0.6 is 24.0 Å². The number of hydrogen-bond acceptors (Lipinski definition) is 2. The predicted molar refractivity (Wildman–Crippen MR) is 111 cm³/mol. The molecule has 0 aliphatic heterocycles. The number of fused-ring (bicyclic) bond motifs is 2. The van der Waals surface area contributed by atoms with Crippen LogP contribution in [0.4, 0.5) is 0 Å². The van der Waals surface area contributed by atoms with Crippen LogP contribution in [0.3, 0.4) is 0 Å². The van der Waals surface area contributed by atoms with Gasteiger partial charge < -0.3 is 10.1 Å². The van der Waals surface area contributed by atoms with Gasteiger partial charge in [-0.15, -0.1) is 12.4 Å². The number of hydrogen-bond donors (Lipinski definition) is 2. The van der Waals surface area contributed by atoms with E-state index in [1.54, 1.807) is 6.07 Å². The molecule has 1 unspecified atom stereocenters. The Hall–Kier alpha value is -2.56. The van der Waals surface area contributed by atoms with E-state index in [2.05, 4.69) is 16.0 Å². The fourth-order valence-electron chi connectivity index (χ4n) is 3.34. The zero-order valence-electron chi connectivity index (χ0n) is 14.4. The van der Waals surface area contributed by atoms with Crippen molar-refractivity contribution in [1.29, 1.82) is 0 Å². The van der Waals surface area contributed by atoms with E-state index >= 15 is 0 Å². The Kier molecular flexibility index (Phi) is 5.68. The van der Waals surface area contributed by atoms with Gasteiger partial charge in [0.15, 0.2) is 0 Å². The van der Waals surface area contributed by atoms with Gasteiger partial charge in [-0.25, -0.2) is 4.98 Å². The van der Waals surface area contributed by atoms with E-state index in [4.69, 9.17) is 11.6 Å². The molecule has 138 valence electrons. The lowest BCUT2D eigenvalue weighted by Crippen LogP contribution is -2.10. The zero-order chi connectivity index (χ0) is 18.1. The van der Waals surface area contributed by atoms with Crippen LogP contribution in [0.5, 0.6) is 0 Å². The van der Waals surface area contributed by atoms with Gasteiger partial charge >= 0.3 is 5.97 Å². The second-order valence-electron chi connectivity index (χ2n) is 6.45. The van der Waals surface area contributed by atoms with Gasteiger partial charge in [-0.2, -0.15) is 0 Å². The Morgan fingerprint density at radius 1 is 1.07 bits per heavy atom. The number of aromatic nitrogens is 2. The smallest absolute Gasteiger partial charge is 0.303 e. The van der Waals surface area contributed by atoms with Crippen molar-refractivity contribution < 1.29 is 9.90 Å². The maximum Gasteiger partial charge on any atom is 0.303 e. The lowest BCUT2D eigenvalue weighted by molar-refractivity contribution is -0.137. The molecule has 1 aromatic heterocycles. The van der Waals surface area contributed by atoms with E-state index in [9.17, 15) is 9.90 Å². The van der Waals surface area contributed by atoms with Crippen molar-refractivity contribution in [3.05, 3.63) is 77.1 Å². The topological polar surface area (TPSA) is 66.0 Å². The summed E-state index contributed by atoms with van der Waals surface area (Å²) in [7, 11) is 0. The summed E-state index contributed by atoms with van der Waals surface area (Å²) in [4.78, 5) is 19.3. The van der Waals surface area contributed by atoms with E-state index in [0.717, 1.165) is 33.2 Å². The number of imidazole rings is 1. The minimum absolute atomic E-state index is 0. The molecule has 3 aromatic carbocycles. The molecule has 1 heterocycles. The molecular weight excluding hydrogens is 383 g/mol. The minimum Gasteiger partial charge on any atom is -0.481 e. The summed E-state index contributed by atoms with van der Waals surface area (Å²) in [6, 6.07) is 19.7. The molecular formula is C21H18Cl2N2O2. The van der Waals surface area contributed by atoms with Crippen LogP contribution in [-0.2, 0) is 11.2 Å². The van der Waals surface area contributed by atoms with Crippen molar-refractivity contribution >= 4 is 51.8 Å². The van der Waals surface area contributed by atoms with Crippen LogP contribution in [-0.4, -0.2) is 21.0 Å². The average Bonchev–Trinajstić information content (AvgIpc) is 3.01. The fourth-order valence-corrected chi connectivity index (χ4v) is 3.51. The van der Waals surface area contributed by atoms with Gasteiger partial charge in [0, 0.05) is 17.4 Å². The summed E-state index contributed by atoms with van der Waals surface area (Å²) in [5.41, 5.74) is 2.70. The average molecular weight is 401 g/mol. The van der Waals surface area contributed by atoms with Crippen LogP contribution < -0.4 is 0 Å². The Morgan fingerprint density at radius 2 is 1.85 bits per heavy atom. The molecule has 0 radical (unpaired) electrons. The number of aromatic amines is 1. The van der Waals surface area contributed by atoms with Crippen molar-refractivity contribution in [1.82, 2.24) is 9.97 Å². The predicted octanol–water partition coefficient (Wildman–Crippen LogP) is 5.59. The number of benzene rings is 3. The largest absolute Gasteiger partial charge is 0.481 e. The highest BCUT2D eigenvalue weighted by molar-refractivity contribution is 6.31. The van der Waals surface area contributed by atoms with E-state index in [0.29, 0.717) is 11.4 Å². The quantitative estimate of drug-likeness (QED) is 0.458. The first kappa shape index (κ1) is 19.2. The number of nitrogens with zero attached hydrogens (tertiary/aromatic N) is 1. The van der Waals surface area contributed by atoms with E-state index in [1.807, 2.05) is 48.5 Å². The lowest BCUT2D eigenvalue weighted by Gasteiger charge is -2.15. The second-order valence-corrected chi connectivity index (χ2v) is 6.89. The van der Waals surface area contributed by atoms with Gasteiger partial charge in [0.05, 0.1) is 17.5 Å². The van der Waals surface area contributed by atoms with Gasteiger partial charge in [0.25, 0.3) is 0 Å². The second kappa shape index (κ2) is 7.99. The summed E-state index contributed by atoms with van der Waals surface area (Å²) in [5, 5.41) is 12.2. The molecule has 4 aromatic rings. The first-order valence-electron chi connectivity index (χ1n) is 8.43. The molecule has 1 atom stereocenters. The summed E-state index contributed by atoms with van der Waals surface area (Å²) in [6.07, 6.45) is 0.576. The van der Waals surface area contributed by atoms with Gasteiger partial charge in [0.1, 0.15) is 5.82 Å². The normalized spacial score (nSPS) is 12.0. The molecule has 4 rings (SSSR count). The fraction of sp³-hybridized carbons (Fsp3) is 0.143. The Morgan fingerprint density at radius 3 is 2.63 bits per heavy atom. The van der Waals surface area contributed by atoms with Crippen molar-refractivity contribution in [2.45, 2.75) is 18.8 Å². The molecule has 27 heavy (non-hydrogen) atoms. The molecule has 4 nitrogen and oxygen atoms in total. The molecule has 2 N–H and O–H groups in total. The van der Waals surface area contributed by atoms with Crippen LogP contribution in [0, 0.1) is 0 Å². The highest BCUT2D eigenvalue weighted by Gasteiger charge is 2.19. The lowest BCUT2D eigenvalue weighted by atomic mass is 9.90. The monoisotopic (exact) mass is 400 g/mol. The molecule has 0 aliphatic carbocycles. The van der Waals surface area contributed by atoms with Crippen molar-refractivity contribution in [2.24, 2.45) is 0 Å². The Bertz CT molecular complexity index is 1110. The molecule has 0 bridgehead atoms. The van der Waals surface area contributed by atoms with Crippen LogP contribution in [0.15, 0.2) is 60.7 Å². The van der Waals surface area contributed by atoms with Crippen LogP contribution in [0.1, 0.15) is 23.7 Å². The number of carbonyl (C=O) groups is 1. The van der Waals surface area contributed by atoms with Gasteiger partial charge in [-0.1, -0.05) is 54.1 Å². The third-order valence-electron chi connectivity index (χ3n) is 4.60. The molecule has 0 saturated heterocycles. The third-order valence-corrected chi connectivity index (χ3v) is 4.83. The van der Waals surface area contributed by atoms with Gasteiger partial charge in [-0.05, 0) is 34.5 Å². The Labute approximate surface area is 167 Å². The number of carboxylic acid groups (broad SMARTS) is 1. The zero-order valence-corrected chi connectivity index (χ0v) is 15.9. The third kappa shape index (κ3) is 4.24. The van der Waals surface area contributed by atoms with E-state index < -0.39 is 5.97 Å². The number of rotatable bonds is 5. The number of nitrogens with one attached hydrogen (secondary N) is 1. The highest BCUT2D eigenvalue weighted by atomic mass is 35.5. The summed E-state index contributed by atoms with van der Waals surface area (Å²) in [6.45, 7) is 0. The number of carboxylic acids is 1. The van der Waals surface area contributed by atoms with Gasteiger partial charge in [-0.3, -0.25) is 4.79 Å². The van der Waals surface area contributed by atoms with Gasteiger partial charge in [0.2, 0.25) is 0 Å². The number of aliphatic carboxylic acids is 1. The SMILES string of the molecule is Cl.O=C(O)CC(Cc1nc2cc(Cl)ccc2[nH]1)c1ccc2ccccc2c1. The van der Waals surface area contributed by atoms with E-state index in [-0.39, 0.29) is 24.7 Å². The molecule has 0 amide bonds. The molecule has 0 spiro atoms. The number of halogens is 2. The molecule has 0 aliphatic rings. The summed E-state index contributed by atoms with van der Waals surface area (Å²) >= 11 is 6.02. The van der Waals surface area contributed by atoms with Crippen LogP contribution in [0.25, 0.3) is 21.8 Å². The van der Waals surface area contributed by atoms with Crippen molar-refractivity contribution in [2.75, 3.05) is 0 Å². The van der Waals surface area contributed by atoms with Crippen LogP contribution in [0.2, 0.25) is 5.02 Å². The first-order chi connectivity index (χ1) is 12.6. The molecule has 6 heteroatoms. The van der Waals surface area contributed by atoms with Crippen molar-refractivity contribution in [3.63, 3.8) is 0 Å². The first-order valence-corrected chi connectivity index (χ1v) is 8.81. The minimum atomic E-state index is -0.817. The molecule has 0 fully saturated rings. The van der Waals surface area contributed by atoms with Crippen molar-refractivity contribution in [3.8, 4) is 0 Å². The number of H-pyrrole nitrogens is 1. The maximum atomic E-state index is 11.4. The highest BCUT2D eigenvalue weighted by Crippen LogP contribution is 2.28. The standard InChI is InChI=1S/C21H17ClN2O2.ClH/c22-17-7-8-18-19(12-17)24-20(23-18)10-16(11-21(25)26)15-6-5-13-3-1-2-4-14(13)9-15;/h1-9,12,16H,10-11H2,(H,23,24)(H,25,26);1H. The molecule has 0 saturated carbocycles. The Balaban J connectivity index is 0.00000210.